The Hall–Kier alpha value is -0.0500. The third-order valence-corrected chi connectivity index (χ3v) is 5.41. The maximum Gasteiger partial charge on any atom is 0.198 e. The average molecular weight is 388 g/mol. The molecular formula is C20H38BrNO. The van der Waals surface area contributed by atoms with Crippen molar-refractivity contribution in [1.82, 2.24) is 0 Å². The zero-order valence-corrected chi connectivity index (χ0v) is 17.3. The molecule has 0 bridgehead atoms. The molecule has 0 spiro atoms. The van der Waals surface area contributed by atoms with Gasteiger partial charge in [-0.05, 0) is 20.3 Å². The van der Waals surface area contributed by atoms with Gasteiger partial charge in [0.05, 0.1) is 10.4 Å². The molecule has 1 aliphatic rings. The van der Waals surface area contributed by atoms with Gasteiger partial charge in [-0.25, -0.2) is 4.99 Å². The van der Waals surface area contributed by atoms with Crippen molar-refractivity contribution in [2.75, 3.05) is 6.61 Å². The Morgan fingerprint density at radius 3 is 1.83 bits per heavy atom. The molecule has 0 saturated heterocycles. The molecule has 0 N–H and O–H groups in total. The Morgan fingerprint density at radius 2 is 1.39 bits per heavy atom. The Bertz CT molecular complexity index is 328. The van der Waals surface area contributed by atoms with Crippen molar-refractivity contribution in [1.29, 1.82) is 0 Å². The molecule has 3 heteroatoms. The standard InChI is InChI=1S/C20H38BrNO/c1-4-5-6-7-8-9-10-11-12-13-14-15-16-18(21)19-22-20(2,3)17-23-19/h18H,4-17H2,1-3H3. The van der Waals surface area contributed by atoms with Gasteiger partial charge >= 0.3 is 0 Å². The van der Waals surface area contributed by atoms with Crippen LogP contribution < -0.4 is 0 Å². The predicted octanol–water partition coefficient (Wildman–Crippen LogP) is 7.05. The van der Waals surface area contributed by atoms with Crippen LogP contribution in [0.4, 0.5) is 0 Å². The molecule has 1 atom stereocenters. The summed E-state index contributed by atoms with van der Waals surface area (Å²) in [6.07, 6.45) is 18.0. The SMILES string of the molecule is CCCCCCCCCCCCCCC(Br)C1=NC(C)(C)CO1. The third kappa shape index (κ3) is 10.4. The maximum absolute atomic E-state index is 5.69. The molecule has 0 amide bonds. The zero-order chi connectivity index (χ0) is 17.0. The van der Waals surface area contributed by atoms with E-state index in [9.17, 15) is 0 Å². The number of halogens is 1. The Morgan fingerprint density at radius 1 is 0.913 bits per heavy atom. The lowest BCUT2D eigenvalue weighted by molar-refractivity contribution is 0.274. The van der Waals surface area contributed by atoms with Crippen LogP contribution in [0.5, 0.6) is 0 Å². The molecule has 2 nitrogen and oxygen atoms in total. The number of rotatable bonds is 14. The maximum atomic E-state index is 5.69. The topological polar surface area (TPSA) is 21.6 Å². The largest absolute Gasteiger partial charge is 0.478 e. The molecule has 0 aromatic rings. The van der Waals surface area contributed by atoms with Crippen LogP contribution in [0.1, 0.15) is 104 Å². The van der Waals surface area contributed by atoms with Crippen LogP contribution in [0.2, 0.25) is 0 Å². The van der Waals surface area contributed by atoms with Gasteiger partial charge in [0.1, 0.15) is 6.61 Å². The smallest absolute Gasteiger partial charge is 0.198 e. The van der Waals surface area contributed by atoms with Crippen LogP contribution in [-0.2, 0) is 4.74 Å². The second-order valence-corrected chi connectivity index (χ2v) is 8.80. The third-order valence-electron chi connectivity index (χ3n) is 4.57. The minimum absolute atomic E-state index is 0.0299. The fraction of sp³-hybridized carbons (Fsp3) is 0.950. The molecule has 1 aliphatic heterocycles. The van der Waals surface area contributed by atoms with Crippen molar-refractivity contribution >= 4 is 21.8 Å². The highest BCUT2D eigenvalue weighted by Crippen LogP contribution is 2.24. The van der Waals surface area contributed by atoms with E-state index in [2.05, 4.69) is 41.7 Å². The summed E-state index contributed by atoms with van der Waals surface area (Å²) in [4.78, 5) is 4.96. The summed E-state index contributed by atoms with van der Waals surface area (Å²) < 4.78 is 5.69. The molecule has 0 saturated carbocycles. The van der Waals surface area contributed by atoms with E-state index >= 15 is 0 Å². The van der Waals surface area contributed by atoms with Crippen molar-refractivity contribution in [3.05, 3.63) is 0 Å². The Kier molecular flexibility index (Phi) is 11.3. The van der Waals surface area contributed by atoms with Crippen molar-refractivity contribution in [3.8, 4) is 0 Å². The highest BCUT2D eigenvalue weighted by atomic mass is 79.9. The molecule has 0 fully saturated rings. The van der Waals surface area contributed by atoms with Crippen LogP contribution in [0.25, 0.3) is 0 Å². The van der Waals surface area contributed by atoms with Crippen LogP contribution in [0, 0.1) is 0 Å². The fourth-order valence-corrected chi connectivity index (χ4v) is 3.62. The van der Waals surface area contributed by atoms with Gasteiger partial charge in [0, 0.05) is 0 Å². The number of ether oxygens (including phenoxy) is 1. The van der Waals surface area contributed by atoms with E-state index in [4.69, 9.17) is 4.74 Å². The normalized spacial score (nSPS) is 17.8. The summed E-state index contributed by atoms with van der Waals surface area (Å²) >= 11 is 3.73. The minimum Gasteiger partial charge on any atom is -0.478 e. The second-order valence-electron chi connectivity index (χ2n) is 7.70. The van der Waals surface area contributed by atoms with Crippen LogP contribution >= 0.6 is 15.9 Å². The first-order chi connectivity index (χ1) is 11.0. The van der Waals surface area contributed by atoms with E-state index in [0.717, 1.165) is 18.9 Å². The van der Waals surface area contributed by atoms with Gasteiger partial charge in [-0.2, -0.15) is 0 Å². The summed E-state index contributed by atoms with van der Waals surface area (Å²) in [5.41, 5.74) is -0.0299. The lowest BCUT2D eigenvalue weighted by Gasteiger charge is -2.09. The number of nitrogens with zero attached hydrogens (tertiary/aromatic N) is 1. The van der Waals surface area contributed by atoms with Crippen LogP contribution in [-0.4, -0.2) is 22.9 Å². The number of unbranched alkanes of at least 4 members (excludes halogenated alkanes) is 11. The molecule has 1 heterocycles. The van der Waals surface area contributed by atoms with Crippen LogP contribution in [0.3, 0.4) is 0 Å². The van der Waals surface area contributed by atoms with E-state index in [1.165, 1.54) is 77.0 Å². The van der Waals surface area contributed by atoms with E-state index < -0.39 is 0 Å². The monoisotopic (exact) mass is 387 g/mol. The molecular weight excluding hydrogens is 350 g/mol. The van der Waals surface area contributed by atoms with Crippen molar-refractivity contribution < 1.29 is 4.74 Å². The van der Waals surface area contributed by atoms with Gasteiger partial charge in [-0.15, -0.1) is 0 Å². The second kappa shape index (κ2) is 12.3. The van der Waals surface area contributed by atoms with E-state index in [0.29, 0.717) is 4.83 Å². The first kappa shape index (κ1) is 21.0. The molecule has 1 unspecified atom stereocenters. The van der Waals surface area contributed by atoms with E-state index in [1.54, 1.807) is 0 Å². The van der Waals surface area contributed by atoms with Crippen molar-refractivity contribution in [2.24, 2.45) is 4.99 Å². The summed E-state index contributed by atoms with van der Waals surface area (Å²) in [6, 6.07) is 0. The van der Waals surface area contributed by atoms with E-state index in [1.807, 2.05) is 0 Å². The van der Waals surface area contributed by atoms with Gasteiger partial charge in [0.25, 0.3) is 0 Å². The molecule has 0 radical (unpaired) electrons. The van der Waals surface area contributed by atoms with Crippen molar-refractivity contribution in [2.45, 2.75) is 115 Å². The van der Waals surface area contributed by atoms with Gasteiger partial charge in [-0.1, -0.05) is 99.9 Å². The molecule has 0 aromatic carbocycles. The predicted molar refractivity (Wildman–Crippen MR) is 106 cm³/mol. The summed E-state index contributed by atoms with van der Waals surface area (Å²) in [6.45, 7) is 7.27. The quantitative estimate of drug-likeness (QED) is 0.231. The number of alkyl halides is 1. The van der Waals surface area contributed by atoms with E-state index in [-0.39, 0.29) is 5.54 Å². The van der Waals surface area contributed by atoms with Gasteiger partial charge in [0.2, 0.25) is 0 Å². The Balaban J connectivity index is 1.86. The molecule has 0 aliphatic carbocycles. The van der Waals surface area contributed by atoms with Gasteiger partial charge in [0.15, 0.2) is 5.90 Å². The summed E-state index contributed by atoms with van der Waals surface area (Å²) in [5, 5.41) is 0. The fourth-order valence-electron chi connectivity index (χ4n) is 3.06. The lowest BCUT2D eigenvalue weighted by atomic mass is 10.0. The average Bonchev–Trinajstić information content (AvgIpc) is 2.88. The minimum atomic E-state index is -0.0299. The first-order valence-electron chi connectivity index (χ1n) is 9.92. The highest BCUT2D eigenvalue weighted by molar-refractivity contribution is 9.10. The number of hydrogen-bond donors (Lipinski definition) is 0. The first-order valence-corrected chi connectivity index (χ1v) is 10.8. The lowest BCUT2D eigenvalue weighted by Crippen LogP contribution is -2.17. The van der Waals surface area contributed by atoms with Gasteiger partial charge in [-0.3, -0.25) is 0 Å². The molecule has 0 aromatic heterocycles. The summed E-state index contributed by atoms with van der Waals surface area (Å²) in [7, 11) is 0. The summed E-state index contributed by atoms with van der Waals surface area (Å²) in [5.74, 6) is 0.915. The Labute approximate surface area is 153 Å². The number of hydrogen-bond acceptors (Lipinski definition) is 2. The van der Waals surface area contributed by atoms with Gasteiger partial charge < -0.3 is 4.74 Å². The number of aliphatic imine (C=N–C) groups is 1. The molecule has 136 valence electrons. The van der Waals surface area contributed by atoms with Crippen molar-refractivity contribution in [3.63, 3.8) is 0 Å². The molecule has 1 rings (SSSR count). The van der Waals surface area contributed by atoms with Crippen LogP contribution in [0.15, 0.2) is 4.99 Å². The zero-order valence-electron chi connectivity index (χ0n) is 15.7. The molecule has 23 heavy (non-hydrogen) atoms. The highest BCUT2D eigenvalue weighted by Gasteiger charge is 2.29.